The fourth-order valence-electron chi connectivity index (χ4n) is 3.71. The van der Waals surface area contributed by atoms with Crippen LogP contribution in [0.4, 0.5) is 11.6 Å². The summed E-state index contributed by atoms with van der Waals surface area (Å²) < 4.78 is 5.42. The third-order valence-electron chi connectivity index (χ3n) is 5.26. The summed E-state index contributed by atoms with van der Waals surface area (Å²) in [5.41, 5.74) is 2.00. The van der Waals surface area contributed by atoms with E-state index in [1.54, 1.807) is 12.7 Å². The summed E-state index contributed by atoms with van der Waals surface area (Å²) in [6, 6.07) is 4.56. The highest BCUT2D eigenvalue weighted by Gasteiger charge is 2.32. The Labute approximate surface area is 151 Å². The Hall–Kier alpha value is -2.74. The molecule has 26 heavy (non-hydrogen) atoms. The van der Waals surface area contributed by atoms with E-state index >= 15 is 0 Å². The van der Waals surface area contributed by atoms with E-state index in [0.29, 0.717) is 12.0 Å². The number of aromatic nitrogens is 5. The summed E-state index contributed by atoms with van der Waals surface area (Å²) >= 11 is 0. The van der Waals surface area contributed by atoms with E-state index in [2.05, 4.69) is 41.2 Å². The van der Waals surface area contributed by atoms with Gasteiger partial charge in [-0.15, -0.1) is 0 Å². The van der Waals surface area contributed by atoms with Crippen LogP contribution in [0.5, 0.6) is 0 Å². The summed E-state index contributed by atoms with van der Waals surface area (Å²) in [6.45, 7) is 3.32. The van der Waals surface area contributed by atoms with Gasteiger partial charge in [-0.2, -0.15) is 0 Å². The van der Waals surface area contributed by atoms with Crippen molar-refractivity contribution >= 4 is 22.7 Å². The first-order chi connectivity index (χ1) is 12.9. The Morgan fingerprint density at radius 3 is 2.81 bits per heavy atom. The Balaban J connectivity index is 1.25. The Morgan fingerprint density at radius 1 is 1.08 bits per heavy atom. The van der Waals surface area contributed by atoms with Crippen LogP contribution in [0.1, 0.15) is 24.5 Å². The summed E-state index contributed by atoms with van der Waals surface area (Å²) in [4.78, 5) is 23.0. The predicted octanol–water partition coefficient (Wildman–Crippen LogP) is 1.94. The third-order valence-corrected chi connectivity index (χ3v) is 5.26. The maximum absolute atomic E-state index is 5.42. The molecule has 0 unspecified atom stereocenters. The van der Waals surface area contributed by atoms with Gasteiger partial charge >= 0.3 is 0 Å². The predicted molar refractivity (Wildman–Crippen MR) is 98.3 cm³/mol. The van der Waals surface area contributed by atoms with Crippen LogP contribution in [0.15, 0.2) is 31.0 Å². The monoisotopic (exact) mass is 351 g/mol. The molecular weight excluding hydrogens is 330 g/mol. The molecule has 3 aromatic heterocycles. The van der Waals surface area contributed by atoms with Gasteiger partial charge in [-0.1, -0.05) is 0 Å². The number of rotatable bonds is 4. The molecule has 1 saturated carbocycles. The van der Waals surface area contributed by atoms with Crippen molar-refractivity contribution in [2.75, 3.05) is 36.5 Å². The lowest BCUT2D eigenvalue weighted by Gasteiger charge is -2.36. The van der Waals surface area contributed by atoms with Crippen LogP contribution in [0.3, 0.4) is 0 Å². The van der Waals surface area contributed by atoms with E-state index in [1.165, 1.54) is 0 Å². The molecule has 0 amide bonds. The number of ether oxygens (including phenoxy) is 1. The number of hydrogen-bond acceptors (Lipinski definition) is 7. The van der Waals surface area contributed by atoms with Crippen LogP contribution in [0.2, 0.25) is 0 Å². The number of morpholine rings is 1. The second-order valence-electron chi connectivity index (χ2n) is 6.87. The van der Waals surface area contributed by atoms with Crippen molar-refractivity contribution in [2.24, 2.45) is 0 Å². The average Bonchev–Trinajstić information content (AvgIpc) is 3.15. The van der Waals surface area contributed by atoms with E-state index in [9.17, 15) is 0 Å². The smallest absolute Gasteiger partial charge is 0.142 e. The van der Waals surface area contributed by atoms with Crippen LogP contribution in [0, 0.1) is 0 Å². The molecule has 1 aliphatic carbocycles. The van der Waals surface area contributed by atoms with Crippen LogP contribution in [0.25, 0.3) is 11.0 Å². The molecule has 2 N–H and O–H groups in total. The van der Waals surface area contributed by atoms with Gasteiger partial charge in [-0.05, 0) is 18.9 Å². The molecule has 134 valence electrons. The first-order valence-corrected chi connectivity index (χ1v) is 9.06. The summed E-state index contributed by atoms with van der Waals surface area (Å²) in [5, 5.41) is 4.58. The second-order valence-corrected chi connectivity index (χ2v) is 6.87. The highest BCUT2D eigenvalue weighted by molar-refractivity contribution is 5.86. The highest BCUT2D eigenvalue weighted by atomic mass is 16.5. The number of hydrogen-bond donors (Lipinski definition) is 2. The zero-order valence-electron chi connectivity index (χ0n) is 14.4. The van der Waals surface area contributed by atoms with E-state index < -0.39 is 0 Å². The first-order valence-electron chi connectivity index (χ1n) is 9.06. The van der Waals surface area contributed by atoms with Gasteiger partial charge < -0.3 is 19.9 Å². The molecule has 0 aromatic carbocycles. The van der Waals surface area contributed by atoms with Gasteiger partial charge in [0.25, 0.3) is 0 Å². The lowest BCUT2D eigenvalue weighted by molar-refractivity contribution is 0.122. The van der Waals surface area contributed by atoms with Gasteiger partial charge in [0, 0.05) is 43.0 Å². The number of aromatic amines is 1. The van der Waals surface area contributed by atoms with Gasteiger partial charge in [-0.25, -0.2) is 19.9 Å². The normalized spacial score (nSPS) is 23.0. The zero-order valence-corrected chi connectivity index (χ0v) is 14.4. The first kappa shape index (κ1) is 15.5. The molecule has 2 fully saturated rings. The van der Waals surface area contributed by atoms with Crippen LogP contribution >= 0.6 is 0 Å². The molecule has 1 aliphatic heterocycles. The number of anilines is 2. The average molecular weight is 351 g/mol. The van der Waals surface area contributed by atoms with Crippen molar-refractivity contribution in [3.05, 3.63) is 36.7 Å². The van der Waals surface area contributed by atoms with Gasteiger partial charge in [-0.3, -0.25) is 0 Å². The zero-order chi connectivity index (χ0) is 17.3. The van der Waals surface area contributed by atoms with Gasteiger partial charge in [0.15, 0.2) is 0 Å². The van der Waals surface area contributed by atoms with Crippen molar-refractivity contribution in [1.82, 2.24) is 24.9 Å². The number of fused-ring (bicyclic) bond motifs is 1. The number of nitrogens with one attached hydrogen (secondary N) is 2. The van der Waals surface area contributed by atoms with Crippen molar-refractivity contribution in [3.63, 3.8) is 0 Å². The molecule has 0 atom stereocenters. The lowest BCUT2D eigenvalue weighted by Crippen LogP contribution is -2.37. The second kappa shape index (κ2) is 6.53. The molecular formula is C18H21N7O. The van der Waals surface area contributed by atoms with Gasteiger partial charge in [0.2, 0.25) is 0 Å². The molecule has 5 rings (SSSR count). The maximum atomic E-state index is 5.42. The standard InChI is InChI=1S/C18H21N7O/c1-2-19-17-14(1)18(23-11-22-17)24-13-7-12(8-13)15-9-16(21-10-20-15)25-3-5-26-6-4-25/h1-2,9-13H,3-8H2,(H2,19,22,23,24). The summed E-state index contributed by atoms with van der Waals surface area (Å²) in [6.07, 6.45) is 7.28. The van der Waals surface area contributed by atoms with Gasteiger partial charge in [0.1, 0.15) is 29.9 Å². The Morgan fingerprint density at radius 2 is 1.92 bits per heavy atom. The Bertz CT molecular complexity index is 899. The fraction of sp³-hybridized carbons (Fsp3) is 0.444. The minimum Gasteiger partial charge on any atom is -0.378 e. The maximum Gasteiger partial charge on any atom is 0.142 e. The molecule has 8 nitrogen and oxygen atoms in total. The van der Waals surface area contributed by atoms with Crippen LogP contribution < -0.4 is 10.2 Å². The topological polar surface area (TPSA) is 91.9 Å². The van der Waals surface area contributed by atoms with Crippen LogP contribution in [-0.4, -0.2) is 57.3 Å². The fourth-order valence-corrected chi connectivity index (χ4v) is 3.71. The molecule has 1 saturated heterocycles. The molecule has 4 heterocycles. The van der Waals surface area contributed by atoms with E-state index in [4.69, 9.17) is 4.74 Å². The summed E-state index contributed by atoms with van der Waals surface area (Å²) in [5.74, 6) is 2.38. The number of nitrogens with zero attached hydrogens (tertiary/aromatic N) is 5. The minimum atomic E-state index is 0.412. The third kappa shape index (κ3) is 2.86. The van der Waals surface area contributed by atoms with E-state index in [-0.39, 0.29) is 0 Å². The Kier molecular flexibility index (Phi) is 3.89. The summed E-state index contributed by atoms with van der Waals surface area (Å²) in [7, 11) is 0. The molecule has 3 aromatic rings. The highest BCUT2D eigenvalue weighted by Crippen LogP contribution is 2.38. The molecule has 2 aliphatic rings. The van der Waals surface area contributed by atoms with E-state index in [1.807, 2.05) is 12.3 Å². The van der Waals surface area contributed by atoms with Crippen molar-refractivity contribution < 1.29 is 4.74 Å². The van der Waals surface area contributed by atoms with Crippen molar-refractivity contribution in [3.8, 4) is 0 Å². The molecule has 0 spiro atoms. The molecule has 8 heteroatoms. The largest absolute Gasteiger partial charge is 0.378 e. The lowest BCUT2D eigenvalue weighted by atomic mass is 9.78. The number of H-pyrrole nitrogens is 1. The van der Waals surface area contributed by atoms with E-state index in [0.717, 1.165) is 67.5 Å². The molecule has 0 bridgehead atoms. The quantitative estimate of drug-likeness (QED) is 0.742. The van der Waals surface area contributed by atoms with Crippen molar-refractivity contribution in [1.29, 1.82) is 0 Å². The van der Waals surface area contributed by atoms with Crippen molar-refractivity contribution in [2.45, 2.75) is 24.8 Å². The minimum absolute atomic E-state index is 0.412. The molecule has 0 radical (unpaired) electrons. The van der Waals surface area contributed by atoms with Gasteiger partial charge in [0.05, 0.1) is 18.6 Å². The SMILES string of the molecule is c1nc(C2CC(Nc3ncnc4[nH]ccc34)C2)cc(N2CCOCC2)n1. The van der Waals surface area contributed by atoms with Crippen LogP contribution in [-0.2, 0) is 4.74 Å².